The minimum absolute atomic E-state index is 0.0250. The summed E-state index contributed by atoms with van der Waals surface area (Å²) in [6.45, 7) is -0.540. The number of ether oxygens (including phenoxy) is 2. The van der Waals surface area contributed by atoms with E-state index in [1.165, 1.54) is 38.6 Å². The smallest absolute Gasteiger partial charge is 0.264 e. The molecule has 0 saturated heterocycles. The highest BCUT2D eigenvalue weighted by Crippen LogP contribution is 2.35. The van der Waals surface area contributed by atoms with Crippen molar-refractivity contribution in [3.05, 3.63) is 76.8 Å². The van der Waals surface area contributed by atoms with Crippen LogP contribution >= 0.6 is 15.9 Å². The first-order valence-corrected chi connectivity index (χ1v) is 13.0. The van der Waals surface area contributed by atoms with E-state index in [0.29, 0.717) is 5.75 Å². The third kappa shape index (κ3) is 6.35. The summed E-state index contributed by atoms with van der Waals surface area (Å²) in [5.74, 6) is 0.0290. The fraction of sp³-hybridized carbons (Fsp3) is 0.200. The van der Waals surface area contributed by atoms with Crippen molar-refractivity contribution < 1.29 is 22.7 Å². The predicted molar refractivity (Wildman–Crippen MR) is 145 cm³/mol. The number of hydrogen-bond donors (Lipinski definition) is 1. The Bertz CT molecular complexity index is 1350. The molecule has 0 aromatic heterocycles. The molecule has 0 heterocycles. The Labute approximate surface area is 219 Å². The zero-order valence-electron chi connectivity index (χ0n) is 20.3. The van der Waals surface area contributed by atoms with Crippen LogP contribution in [0, 0.1) is 0 Å². The summed E-state index contributed by atoms with van der Waals surface area (Å²) in [6, 6.07) is 18.2. The molecule has 0 atom stereocenters. The van der Waals surface area contributed by atoms with Crippen LogP contribution in [-0.4, -0.2) is 55.4 Å². The van der Waals surface area contributed by atoms with Crippen molar-refractivity contribution in [2.75, 3.05) is 44.1 Å². The summed E-state index contributed by atoms with van der Waals surface area (Å²) < 4.78 is 39.6. The molecule has 190 valence electrons. The molecule has 11 heteroatoms. The Balaban J connectivity index is 1.89. The number of nitrogens with one attached hydrogen (secondary N) is 1. The first kappa shape index (κ1) is 27.0. The van der Waals surface area contributed by atoms with Gasteiger partial charge in [-0.05, 0) is 57.9 Å². The highest BCUT2D eigenvalue weighted by molar-refractivity contribution is 9.10. The summed E-state index contributed by atoms with van der Waals surface area (Å²) >= 11 is 3.51. The molecule has 0 aliphatic rings. The third-order valence-electron chi connectivity index (χ3n) is 5.13. The van der Waals surface area contributed by atoms with Crippen LogP contribution < -0.4 is 24.1 Å². The van der Waals surface area contributed by atoms with Crippen LogP contribution in [-0.2, 0) is 14.8 Å². The molecule has 1 amide bonds. The Hall–Kier alpha value is -3.57. The van der Waals surface area contributed by atoms with Gasteiger partial charge in [0.1, 0.15) is 18.0 Å². The van der Waals surface area contributed by atoms with E-state index in [1.54, 1.807) is 30.3 Å². The molecule has 1 N–H and O–H groups in total. The van der Waals surface area contributed by atoms with Crippen molar-refractivity contribution in [2.45, 2.75) is 4.90 Å². The number of hydrazone groups is 1. The fourth-order valence-corrected chi connectivity index (χ4v) is 5.52. The number of hydrogen-bond acceptors (Lipinski definition) is 7. The lowest BCUT2D eigenvalue weighted by Crippen LogP contribution is -2.39. The number of sulfonamides is 1. The molecule has 0 bridgehead atoms. The van der Waals surface area contributed by atoms with E-state index in [-0.39, 0.29) is 16.3 Å². The first-order valence-electron chi connectivity index (χ1n) is 10.8. The van der Waals surface area contributed by atoms with Gasteiger partial charge in [0.05, 0.1) is 36.7 Å². The molecule has 9 nitrogen and oxygen atoms in total. The van der Waals surface area contributed by atoms with Gasteiger partial charge in [0, 0.05) is 24.6 Å². The lowest BCUT2D eigenvalue weighted by atomic mass is 10.2. The zero-order chi connectivity index (χ0) is 26.3. The summed E-state index contributed by atoms with van der Waals surface area (Å²) in [6.07, 6.45) is 1.48. The lowest BCUT2D eigenvalue weighted by Gasteiger charge is -2.25. The van der Waals surface area contributed by atoms with Crippen molar-refractivity contribution in [2.24, 2.45) is 5.10 Å². The maximum absolute atomic E-state index is 13.6. The largest absolute Gasteiger partial charge is 0.497 e. The van der Waals surface area contributed by atoms with Crippen LogP contribution in [0.2, 0.25) is 0 Å². The fourth-order valence-electron chi connectivity index (χ4n) is 3.32. The molecule has 0 aliphatic heterocycles. The van der Waals surface area contributed by atoms with Crippen LogP contribution in [0.3, 0.4) is 0 Å². The summed E-state index contributed by atoms with van der Waals surface area (Å²) in [7, 11) is 2.62. The van der Waals surface area contributed by atoms with Crippen LogP contribution in [0.4, 0.5) is 11.4 Å². The van der Waals surface area contributed by atoms with Gasteiger partial charge in [-0.3, -0.25) is 9.10 Å². The second kappa shape index (κ2) is 11.9. The lowest BCUT2D eigenvalue weighted by molar-refractivity contribution is -0.119. The molecular formula is C25H27BrN4O5S. The monoisotopic (exact) mass is 574 g/mol. The van der Waals surface area contributed by atoms with E-state index in [2.05, 4.69) is 26.5 Å². The molecule has 0 fully saturated rings. The molecule has 3 rings (SSSR count). The standard InChI is InChI=1S/C25H27BrN4O5S/c1-29(2)22-12-10-18(14-21(22)26)16-27-28-25(31)17-30(36(32,33)20-8-6-5-7-9-20)23-15-19(34-3)11-13-24(23)35-4/h5-16H,17H2,1-4H3,(H,28,31)/b27-16+. The third-order valence-corrected chi connectivity index (χ3v) is 7.54. The average Bonchev–Trinajstić information content (AvgIpc) is 2.87. The second-order valence-corrected chi connectivity index (χ2v) is 10.5. The van der Waals surface area contributed by atoms with Crippen LogP contribution in [0.1, 0.15) is 5.56 Å². The summed E-state index contributed by atoms with van der Waals surface area (Å²) in [5, 5.41) is 4.00. The summed E-state index contributed by atoms with van der Waals surface area (Å²) in [5.41, 5.74) is 4.30. The van der Waals surface area contributed by atoms with Gasteiger partial charge in [0.2, 0.25) is 0 Å². The minimum atomic E-state index is -4.13. The van der Waals surface area contributed by atoms with E-state index < -0.39 is 22.5 Å². The average molecular weight is 575 g/mol. The quantitative estimate of drug-likeness (QED) is 0.291. The van der Waals surface area contributed by atoms with Gasteiger partial charge in [-0.15, -0.1) is 0 Å². The van der Waals surface area contributed by atoms with Crippen molar-refractivity contribution in [1.29, 1.82) is 0 Å². The van der Waals surface area contributed by atoms with Crippen LogP contribution in [0.5, 0.6) is 11.5 Å². The highest BCUT2D eigenvalue weighted by atomic mass is 79.9. The van der Waals surface area contributed by atoms with Gasteiger partial charge in [-0.2, -0.15) is 5.10 Å². The van der Waals surface area contributed by atoms with Gasteiger partial charge in [0.15, 0.2) is 0 Å². The van der Waals surface area contributed by atoms with E-state index in [4.69, 9.17) is 9.47 Å². The molecule has 0 saturated carbocycles. The van der Waals surface area contributed by atoms with Gasteiger partial charge in [-0.25, -0.2) is 13.8 Å². The highest BCUT2D eigenvalue weighted by Gasteiger charge is 2.29. The molecule has 36 heavy (non-hydrogen) atoms. The van der Waals surface area contributed by atoms with Gasteiger partial charge in [0.25, 0.3) is 15.9 Å². The minimum Gasteiger partial charge on any atom is -0.497 e. The number of amides is 1. The maximum Gasteiger partial charge on any atom is 0.264 e. The number of carbonyl (C=O) groups excluding carboxylic acids is 1. The normalized spacial score (nSPS) is 11.2. The van der Waals surface area contributed by atoms with E-state index in [9.17, 15) is 13.2 Å². The van der Waals surface area contributed by atoms with Gasteiger partial charge < -0.3 is 14.4 Å². The van der Waals surface area contributed by atoms with Crippen LogP contribution in [0.25, 0.3) is 0 Å². The molecule has 3 aromatic rings. The summed E-state index contributed by atoms with van der Waals surface area (Å²) in [4.78, 5) is 14.8. The maximum atomic E-state index is 13.6. The van der Waals surface area contributed by atoms with Crippen LogP contribution in [0.15, 0.2) is 81.2 Å². The molecule has 3 aromatic carbocycles. The van der Waals surface area contributed by atoms with Gasteiger partial charge in [-0.1, -0.05) is 24.3 Å². The molecule has 0 spiro atoms. The number of carbonyl (C=O) groups is 1. The second-order valence-electron chi connectivity index (χ2n) is 7.76. The molecular weight excluding hydrogens is 548 g/mol. The van der Waals surface area contributed by atoms with Crippen molar-refractivity contribution in [1.82, 2.24) is 5.43 Å². The molecule has 0 radical (unpaired) electrons. The first-order chi connectivity index (χ1) is 17.2. The number of anilines is 2. The van der Waals surface area contributed by atoms with E-state index >= 15 is 0 Å². The SMILES string of the molecule is COc1ccc(OC)c(N(CC(=O)N/N=C/c2ccc(N(C)C)c(Br)c2)S(=O)(=O)c2ccccc2)c1. The topological polar surface area (TPSA) is 101 Å². The van der Waals surface area contributed by atoms with Crippen molar-refractivity contribution in [3.8, 4) is 11.5 Å². The van der Waals surface area contributed by atoms with E-state index in [1.807, 2.05) is 37.2 Å². The van der Waals surface area contributed by atoms with Crippen molar-refractivity contribution in [3.63, 3.8) is 0 Å². The Morgan fingerprint density at radius 1 is 1.00 bits per heavy atom. The number of benzene rings is 3. The Morgan fingerprint density at radius 2 is 1.72 bits per heavy atom. The number of rotatable bonds is 10. The number of halogens is 1. The predicted octanol–water partition coefficient (Wildman–Crippen LogP) is 3.88. The van der Waals surface area contributed by atoms with Gasteiger partial charge >= 0.3 is 0 Å². The number of nitrogens with zero attached hydrogens (tertiary/aromatic N) is 3. The zero-order valence-corrected chi connectivity index (χ0v) is 22.7. The van der Waals surface area contributed by atoms with Crippen molar-refractivity contribution >= 4 is 49.4 Å². The molecule has 0 unspecified atom stereocenters. The molecule has 0 aliphatic carbocycles. The number of methoxy groups -OCH3 is 2. The van der Waals surface area contributed by atoms with E-state index in [0.717, 1.165) is 20.0 Å². The Morgan fingerprint density at radius 3 is 2.33 bits per heavy atom. The Kier molecular flexibility index (Phi) is 8.94.